The second-order valence-electron chi connectivity index (χ2n) is 4.47. The average molecular weight is 292 g/mol. The van der Waals surface area contributed by atoms with Crippen molar-refractivity contribution in [3.63, 3.8) is 0 Å². The van der Waals surface area contributed by atoms with Crippen molar-refractivity contribution in [2.24, 2.45) is 0 Å². The van der Waals surface area contributed by atoms with E-state index in [9.17, 15) is 9.59 Å². The van der Waals surface area contributed by atoms with Crippen LogP contribution in [0, 0.1) is 0 Å². The summed E-state index contributed by atoms with van der Waals surface area (Å²) in [6.45, 7) is 1.20. The third kappa shape index (κ3) is 4.10. The molecule has 0 aliphatic carbocycles. The number of amides is 2. The van der Waals surface area contributed by atoms with E-state index in [1.165, 1.54) is 17.4 Å². The van der Waals surface area contributed by atoms with Gasteiger partial charge >= 0.3 is 12.0 Å². The number of furan rings is 1. The number of hydrogen-bond donors (Lipinski definition) is 2. The van der Waals surface area contributed by atoms with Gasteiger partial charge in [-0.05, 0) is 12.1 Å². The summed E-state index contributed by atoms with van der Waals surface area (Å²) in [7, 11) is 1.66. The first-order valence-corrected chi connectivity index (χ1v) is 6.32. The molecule has 0 bridgehead atoms. The lowest BCUT2D eigenvalue weighted by Crippen LogP contribution is -2.38. The van der Waals surface area contributed by atoms with Crippen LogP contribution in [-0.4, -0.2) is 45.2 Å². The number of carbonyl (C=O) groups is 2. The van der Waals surface area contributed by atoms with E-state index in [4.69, 9.17) is 9.52 Å². The molecular formula is C13H16N4O4. The first kappa shape index (κ1) is 14.6. The van der Waals surface area contributed by atoms with Crippen molar-refractivity contribution in [2.75, 3.05) is 13.6 Å². The highest BCUT2D eigenvalue weighted by Crippen LogP contribution is 2.03. The van der Waals surface area contributed by atoms with Crippen LogP contribution in [0.15, 0.2) is 35.3 Å². The number of aromatic nitrogens is 2. The first-order valence-electron chi connectivity index (χ1n) is 6.32. The van der Waals surface area contributed by atoms with Crippen molar-refractivity contribution in [1.82, 2.24) is 19.8 Å². The zero-order valence-electron chi connectivity index (χ0n) is 11.5. The molecule has 0 saturated heterocycles. The normalized spacial score (nSPS) is 10.3. The molecule has 0 spiro atoms. The van der Waals surface area contributed by atoms with Gasteiger partial charge in [0.1, 0.15) is 5.76 Å². The predicted molar refractivity (Wildman–Crippen MR) is 72.8 cm³/mol. The Morgan fingerprint density at radius 3 is 2.95 bits per heavy atom. The Labute approximate surface area is 121 Å². The number of hydrogen-bond acceptors (Lipinski definition) is 4. The van der Waals surface area contributed by atoms with Gasteiger partial charge in [0, 0.05) is 26.3 Å². The van der Waals surface area contributed by atoms with Crippen molar-refractivity contribution in [3.05, 3.63) is 42.4 Å². The van der Waals surface area contributed by atoms with E-state index < -0.39 is 5.97 Å². The minimum absolute atomic E-state index is 0.0173. The molecule has 8 nitrogen and oxygen atoms in total. The third-order valence-electron chi connectivity index (χ3n) is 2.82. The maximum absolute atomic E-state index is 11.8. The fraction of sp³-hybridized carbons (Fsp3) is 0.308. The van der Waals surface area contributed by atoms with Crippen LogP contribution in [-0.2, 0) is 13.1 Å². The minimum Gasteiger partial charge on any atom is -0.476 e. The Morgan fingerprint density at radius 2 is 2.33 bits per heavy atom. The number of carboxylic acid groups (broad SMARTS) is 1. The van der Waals surface area contributed by atoms with E-state index >= 15 is 0 Å². The zero-order valence-corrected chi connectivity index (χ0v) is 11.5. The first-order chi connectivity index (χ1) is 10.1. The average Bonchev–Trinajstić information content (AvgIpc) is 3.09. The van der Waals surface area contributed by atoms with Gasteiger partial charge in [-0.2, -0.15) is 0 Å². The van der Waals surface area contributed by atoms with Gasteiger partial charge in [0.2, 0.25) is 0 Å². The van der Waals surface area contributed by atoms with Crippen molar-refractivity contribution >= 4 is 12.0 Å². The molecule has 0 unspecified atom stereocenters. The summed E-state index contributed by atoms with van der Waals surface area (Å²) in [6.07, 6.45) is 4.39. The van der Waals surface area contributed by atoms with Gasteiger partial charge in [-0.3, -0.25) is 0 Å². The van der Waals surface area contributed by atoms with Crippen LogP contribution in [0.5, 0.6) is 0 Å². The lowest BCUT2D eigenvalue weighted by Gasteiger charge is -2.16. The van der Waals surface area contributed by atoms with Gasteiger partial charge in [0.25, 0.3) is 0 Å². The molecule has 112 valence electrons. The summed E-state index contributed by atoms with van der Waals surface area (Å²) in [4.78, 5) is 27.7. The molecule has 0 radical (unpaired) electrons. The van der Waals surface area contributed by atoms with Gasteiger partial charge in [-0.15, -0.1) is 0 Å². The number of urea groups is 1. The molecule has 0 aliphatic heterocycles. The molecule has 0 aromatic carbocycles. The minimum atomic E-state index is -1.07. The summed E-state index contributed by atoms with van der Waals surface area (Å²) in [5, 5.41) is 11.5. The number of carboxylic acids is 1. The van der Waals surface area contributed by atoms with Gasteiger partial charge in [0.05, 0.1) is 19.1 Å². The Kier molecular flexibility index (Phi) is 4.60. The number of nitrogens with zero attached hydrogens (tertiary/aromatic N) is 3. The summed E-state index contributed by atoms with van der Waals surface area (Å²) in [5.41, 5.74) is -0.0173. The topological polar surface area (TPSA) is 101 Å². The molecule has 21 heavy (non-hydrogen) atoms. The van der Waals surface area contributed by atoms with Crippen molar-refractivity contribution < 1.29 is 19.1 Å². The molecule has 0 fully saturated rings. The quantitative estimate of drug-likeness (QED) is 0.827. The standard InChI is InChI=1S/C13H16N4O4/c1-16(7-10-3-2-6-21-10)13(20)14-4-5-17-8-11(12(18)19)15-9-17/h2-3,6,8-9H,4-5,7H2,1H3,(H,14,20)(H,18,19). The zero-order chi connectivity index (χ0) is 15.2. The molecule has 2 rings (SSSR count). The largest absolute Gasteiger partial charge is 0.476 e. The maximum Gasteiger partial charge on any atom is 0.356 e. The van der Waals surface area contributed by atoms with E-state index in [0.29, 0.717) is 25.4 Å². The number of imidazole rings is 1. The molecule has 0 aliphatic rings. The molecule has 2 heterocycles. The SMILES string of the molecule is CN(Cc1ccco1)C(=O)NCCn1cnc(C(=O)O)c1. The molecular weight excluding hydrogens is 276 g/mol. The summed E-state index contributed by atoms with van der Waals surface area (Å²) in [6, 6.07) is 3.33. The lowest BCUT2D eigenvalue weighted by atomic mass is 10.4. The highest BCUT2D eigenvalue weighted by atomic mass is 16.4. The number of carbonyl (C=O) groups excluding carboxylic acids is 1. The summed E-state index contributed by atoms with van der Waals surface area (Å²) in [5.74, 6) is -0.371. The molecule has 0 atom stereocenters. The monoisotopic (exact) mass is 292 g/mol. The number of rotatable bonds is 6. The summed E-state index contributed by atoms with van der Waals surface area (Å²) < 4.78 is 6.77. The second-order valence-corrected chi connectivity index (χ2v) is 4.47. The Hall–Kier alpha value is -2.77. The van der Waals surface area contributed by atoms with Crippen LogP contribution in [0.2, 0.25) is 0 Å². The second kappa shape index (κ2) is 6.60. The Balaban J connectivity index is 1.74. The van der Waals surface area contributed by atoms with Crippen molar-refractivity contribution in [2.45, 2.75) is 13.1 Å². The van der Waals surface area contributed by atoms with Gasteiger partial charge in [-0.25, -0.2) is 14.6 Å². The Bertz CT molecular complexity index is 605. The van der Waals surface area contributed by atoms with E-state index in [0.717, 1.165) is 0 Å². The highest BCUT2D eigenvalue weighted by molar-refractivity contribution is 5.84. The van der Waals surface area contributed by atoms with Crippen molar-refractivity contribution in [3.8, 4) is 0 Å². The van der Waals surface area contributed by atoms with E-state index in [1.54, 1.807) is 30.0 Å². The maximum atomic E-state index is 11.8. The molecule has 2 amide bonds. The smallest absolute Gasteiger partial charge is 0.356 e. The molecule has 2 aromatic rings. The lowest BCUT2D eigenvalue weighted by molar-refractivity contribution is 0.0691. The van der Waals surface area contributed by atoms with E-state index in [2.05, 4.69) is 10.3 Å². The third-order valence-corrected chi connectivity index (χ3v) is 2.82. The van der Waals surface area contributed by atoms with Crippen molar-refractivity contribution in [1.29, 1.82) is 0 Å². The summed E-state index contributed by atoms with van der Waals surface area (Å²) >= 11 is 0. The van der Waals surface area contributed by atoms with Gasteiger partial charge in [-0.1, -0.05) is 0 Å². The highest BCUT2D eigenvalue weighted by Gasteiger charge is 2.10. The fourth-order valence-electron chi connectivity index (χ4n) is 1.73. The molecule has 2 N–H and O–H groups in total. The van der Waals surface area contributed by atoms with E-state index in [1.807, 2.05) is 0 Å². The number of nitrogens with one attached hydrogen (secondary N) is 1. The molecule has 8 heteroatoms. The molecule has 2 aromatic heterocycles. The Morgan fingerprint density at radius 1 is 1.52 bits per heavy atom. The van der Waals surface area contributed by atoms with Gasteiger partial charge < -0.3 is 24.3 Å². The number of aromatic carboxylic acids is 1. The van der Waals surface area contributed by atoms with E-state index in [-0.39, 0.29) is 11.7 Å². The van der Waals surface area contributed by atoms with Crippen LogP contribution in [0.3, 0.4) is 0 Å². The van der Waals surface area contributed by atoms with Crippen LogP contribution < -0.4 is 5.32 Å². The fourth-order valence-corrected chi connectivity index (χ4v) is 1.73. The molecule has 0 saturated carbocycles. The van der Waals surface area contributed by atoms with Crippen LogP contribution in [0.1, 0.15) is 16.2 Å². The van der Waals surface area contributed by atoms with Gasteiger partial charge in [0.15, 0.2) is 5.69 Å². The van der Waals surface area contributed by atoms with Crippen LogP contribution >= 0.6 is 0 Å². The predicted octanol–water partition coefficient (Wildman–Crippen LogP) is 1.02. The van der Waals surface area contributed by atoms with Crippen LogP contribution in [0.4, 0.5) is 4.79 Å². The van der Waals surface area contributed by atoms with Crippen LogP contribution in [0.25, 0.3) is 0 Å².